The van der Waals surface area contributed by atoms with E-state index >= 15 is 0 Å². The van der Waals surface area contributed by atoms with Gasteiger partial charge in [0, 0.05) is 6.20 Å². The van der Waals surface area contributed by atoms with E-state index in [1.807, 2.05) is 32.9 Å². The van der Waals surface area contributed by atoms with Crippen LogP contribution in [0.15, 0.2) is 36.5 Å². The summed E-state index contributed by atoms with van der Waals surface area (Å²) in [6, 6.07) is 7.72. The number of ether oxygens (including phenoxy) is 2. The molecule has 0 aliphatic rings. The van der Waals surface area contributed by atoms with Crippen LogP contribution in [0.2, 0.25) is 0 Å². The third-order valence-electron chi connectivity index (χ3n) is 3.65. The average Bonchev–Trinajstić information content (AvgIpc) is 2.63. The lowest BCUT2D eigenvalue weighted by atomic mass is 10.1. The Morgan fingerprint density at radius 3 is 2.46 bits per heavy atom. The summed E-state index contributed by atoms with van der Waals surface area (Å²) in [5.41, 5.74) is 0.893. The fourth-order valence-electron chi connectivity index (χ4n) is 2.38. The highest BCUT2D eigenvalue weighted by molar-refractivity contribution is 5.95. The molecular formula is C19H22N2O5. The monoisotopic (exact) mass is 358 g/mol. The number of aromatic carboxylic acids is 1. The molecule has 26 heavy (non-hydrogen) atoms. The number of carbonyl (C=O) groups is 2. The lowest BCUT2D eigenvalue weighted by molar-refractivity contribution is 0.0696. The number of carbonyl (C=O) groups excluding carboxylic acids is 1. The molecule has 7 heteroatoms. The van der Waals surface area contributed by atoms with E-state index in [4.69, 9.17) is 14.6 Å². The topological polar surface area (TPSA) is 97.8 Å². The third kappa shape index (κ3) is 4.72. The maximum atomic E-state index is 12.4. The van der Waals surface area contributed by atoms with Crippen LogP contribution in [0, 0.1) is 0 Å². The zero-order chi connectivity index (χ0) is 19.1. The van der Waals surface area contributed by atoms with Gasteiger partial charge in [-0.25, -0.2) is 4.79 Å². The fraction of sp³-hybridized carbons (Fsp3) is 0.316. The number of amides is 1. The molecule has 2 aromatic rings. The molecule has 0 aliphatic heterocycles. The second kappa shape index (κ2) is 8.84. The number of aromatic nitrogens is 1. The van der Waals surface area contributed by atoms with Gasteiger partial charge in [-0.3, -0.25) is 9.78 Å². The number of hydrogen-bond donors (Lipinski definition) is 2. The van der Waals surface area contributed by atoms with Gasteiger partial charge in [-0.15, -0.1) is 0 Å². The lowest BCUT2D eigenvalue weighted by Gasteiger charge is -2.17. The maximum Gasteiger partial charge on any atom is 0.335 e. The average molecular weight is 358 g/mol. The van der Waals surface area contributed by atoms with E-state index in [1.54, 1.807) is 6.07 Å². The molecule has 0 spiro atoms. The highest BCUT2D eigenvalue weighted by Crippen LogP contribution is 2.30. The Morgan fingerprint density at radius 1 is 1.12 bits per heavy atom. The van der Waals surface area contributed by atoms with Crippen LogP contribution in [0.4, 0.5) is 0 Å². The third-order valence-corrected chi connectivity index (χ3v) is 3.65. The first kappa shape index (κ1) is 19.2. The second-order valence-corrected chi connectivity index (χ2v) is 5.50. The van der Waals surface area contributed by atoms with Gasteiger partial charge in [-0.05, 0) is 50.6 Å². The van der Waals surface area contributed by atoms with Crippen molar-refractivity contribution in [2.75, 3.05) is 13.2 Å². The molecule has 0 saturated heterocycles. The van der Waals surface area contributed by atoms with E-state index in [0.29, 0.717) is 24.7 Å². The number of carboxylic acid groups (broad SMARTS) is 1. The van der Waals surface area contributed by atoms with Crippen molar-refractivity contribution in [1.82, 2.24) is 10.3 Å². The molecule has 1 aromatic heterocycles. The highest BCUT2D eigenvalue weighted by atomic mass is 16.5. The fourth-order valence-corrected chi connectivity index (χ4v) is 2.38. The van der Waals surface area contributed by atoms with Gasteiger partial charge in [0.2, 0.25) is 0 Å². The number of rotatable bonds is 8. The van der Waals surface area contributed by atoms with Crippen LogP contribution in [0.1, 0.15) is 53.2 Å². The van der Waals surface area contributed by atoms with Crippen LogP contribution in [-0.4, -0.2) is 35.2 Å². The number of carboxylic acids is 1. The van der Waals surface area contributed by atoms with Gasteiger partial charge < -0.3 is 19.9 Å². The summed E-state index contributed by atoms with van der Waals surface area (Å²) in [5.74, 6) is -0.304. The predicted molar refractivity (Wildman–Crippen MR) is 95.9 cm³/mol. The molecule has 138 valence electrons. The SMILES string of the molecule is CCOc1ccc(C(C)NC(=O)c2cc(C(=O)O)ccn2)cc1OCC. The first-order valence-corrected chi connectivity index (χ1v) is 8.36. The van der Waals surface area contributed by atoms with Crippen LogP contribution < -0.4 is 14.8 Å². The van der Waals surface area contributed by atoms with E-state index < -0.39 is 11.9 Å². The summed E-state index contributed by atoms with van der Waals surface area (Å²) in [5, 5.41) is 11.8. The van der Waals surface area contributed by atoms with Gasteiger partial charge in [0.15, 0.2) is 11.5 Å². The van der Waals surface area contributed by atoms with Crippen LogP contribution >= 0.6 is 0 Å². The number of nitrogens with one attached hydrogen (secondary N) is 1. The quantitative estimate of drug-likeness (QED) is 0.753. The van der Waals surface area contributed by atoms with Gasteiger partial charge in [-0.2, -0.15) is 0 Å². The molecule has 0 fully saturated rings. The Labute approximate surface area is 152 Å². The smallest absolute Gasteiger partial charge is 0.335 e. The van der Waals surface area contributed by atoms with Crippen molar-refractivity contribution in [3.8, 4) is 11.5 Å². The normalized spacial score (nSPS) is 11.5. The second-order valence-electron chi connectivity index (χ2n) is 5.50. The van der Waals surface area contributed by atoms with E-state index in [9.17, 15) is 9.59 Å². The van der Waals surface area contributed by atoms with Crippen molar-refractivity contribution in [2.24, 2.45) is 0 Å². The van der Waals surface area contributed by atoms with Crippen LogP contribution in [0.5, 0.6) is 11.5 Å². The Morgan fingerprint density at radius 2 is 1.81 bits per heavy atom. The summed E-state index contributed by atoms with van der Waals surface area (Å²) < 4.78 is 11.1. The first-order valence-electron chi connectivity index (χ1n) is 8.36. The van der Waals surface area contributed by atoms with Crippen molar-refractivity contribution in [1.29, 1.82) is 0 Å². The van der Waals surface area contributed by atoms with E-state index in [2.05, 4.69) is 10.3 Å². The minimum Gasteiger partial charge on any atom is -0.490 e. The lowest BCUT2D eigenvalue weighted by Crippen LogP contribution is -2.27. The van der Waals surface area contributed by atoms with Crippen LogP contribution in [0.3, 0.4) is 0 Å². The number of hydrogen-bond acceptors (Lipinski definition) is 5. The summed E-state index contributed by atoms with van der Waals surface area (Å²) in [6.07, 6.45) is 1.30. The molecule has 0 bridgehead atoms. The predicted octanol–water partition coefficient (Wildman–Crippen LogP) is 3.07. The first-order chi connectivity index (χ1) is 12.5. The number of benzene rings is 1. The molecule has 7 nitrogen and oxygen atoms in total. The Bertz CT molecular complexity index is 791. The van der Waals surface area contributed by atoms with Crippen molar-refractivity contribution in [2.45, 2.75) is 26.8 Å². The molecular weight excluding hydrogens is 336 g/mol. The van der Waals surface area contributed by atoms with Crippen molar-refractivity contribution < 1.29 is 24.2 Å². The molecule has 1 amide bonds. The van der Waals surface area contributed by atoms with Gasteiger partial charge in [0.25, 0.3) is 5.91 Å². The minimum absolute atomic E-state index is 0.0116. The Kier molecular flexibility index (Phi) is 6.54. The van der Waals surface area contributed by atoms with Crippen LogP contribution in [-0.2, 0) is 0 Å². The Hall–Kier alpha value is -3.09. The van der Waals surface area contributed by atoms with Crippen molar-refractivity contribution >= 4 is 11.9 Å². The van der Waals surface area contributed by atoms with Gasteiger partial charge in [0.05, 0.1) is 24.8 Å². The summed E-state index contributed by atoms with van der Waals surface area (Å²) in [7, 11) is 0. The molecule has 2 rings (SSSR count). The van der Waals surface area contributed by atoms with Gasteiger partial charge >= 0.3 is 5.97 Å². The Balaban J connectivity index is 2.17. The van der Waals surface area contributed by atoms with E-state index in [0.717, 1.165) is 5.56 Å². The number of pyridine rings is 1. The van der Waals surface area contributed by atoms with Crippen LogP contribution in [0.25, 0.3) is 0 Å². The zero-order valence-corrected chi connectivity index (χ0v) is 15.0. The molecule has 0 radical (unpaired) electrons. The van der Waals surface area contributed by atoms with Crippen molar-refractivity contribution in [3.63, 3.8) is 0 Å². The molecule has 1 atom stereocenters. The molecule has 1 aromatic carbocycles. The van der Waals surface area contributed by atoms with Crippen molar-refractivity contribution in [3.05, 3.63) is 53.3 Å². The standard InChI is InChI=1S/C19H22N2O5/c1-4-25-16-7-6-13(11-17(16)26-5-2)12(3)21-18(22)15-10-14(19(23)24)8-9-20-15/h6-12H,4-5H2,1-3H3,(H,21,22)(H,23,24). The maximum absolute atomic E-state index is 12.4. The largest absolute Gasteiger partial charge is 0.490 e. The van der Waals surface area contributed by atoms with E-state index in [-0.39, 0.29) is 17.3 Å². The summed E-state index contributed by atoms with van der Waals surface area (Å²) in [4.78, 5) is 27.3. The molecule has 2 N–H and O–H groups in total. The molecule has 0 aliphatic carbocycles. The van der Waals surface area contributed by atoms with Gasteiger partial charge in [0.1, 0.15) is 5.69 Å². The molecule has 1 heterocycles. The summed E-state index contributed by atoms with van der Waals surface area (Å²) >= 11 is 0. The molecule has 0 saturated carbocycles. The number of nitrogens with zero attached hydrogens (tertiary/aromatic N) is 1. The summed E-state index contributed by atoms with van der Waals surface area (Å²) in [6.45, 7) is 6.62. The van der Waals surface area contributed by atoms with Gasteiger partial charge in [-0.1, -0.05) is 6.07 Å². The minimum atomic E-state index is -1.11. The molecule has 1 unspecified atom stereocenters. The van der Waals surface area contributed by atoms with E-state index in [1.165, 1.54) is 18.3 Å². The zero-order valence-electron chi connectivity index (χ0n) is 15.0. The highest BCUT2D eigenvalue weighted by Gasteiger charge is 2.16.